The number of hydrogen-bond donors (Lipinski definition) is 0. The topological polar surface area (TPSA) is 66.4 Å². The second-order valence-corrected chi connectivity index (χ2v) is 7.02. The van der Waals surface area contributed by atoms with Crippen molar-refractivity contribution < 1.29 is 8.42 Å². The van der Waals surface area contributed by atoms with E-state index < -0.39 is 10.0 Å². The average Bonchev–Trinajstić information content (AvgIpc) is 2.42. The number of anilines is 1. The van der Waals surface area contributed by atoms with E-state index in [0.29, 0.717) is 26.2 Å². The minimum Gasteiger partial charge on any atom is -0.352 e. The Bertz CT molecular complexity index is 551. The Balaban J connectivity index is 2.10. The Morgan fingerprint density at radius 3 is 2.42 bits per heavy atom. The SMILES string of the molecule is CCS(=O)(=O)N1CCN(c2nncc(C)c2C)CC1. The van der Waals surface area contributed by atoms with Crippen molar-refractivity contribution in [3.63, 3.8) is 0 Å². The largest absolute Gasteiger partial charge is 0.352 e. The lowest BCUT2D eigenvalue weighted by Gasteiger charge is -2.35. The number of aromatic nitrogens is 2. The Morgan fingerprint density at radius 1 is 1.21 bits per heavy atom. The van der Waals surface area contributed by atoms with Gasteiger partial charge in [0.15, 0.2) is 5.82 Å². The first-order valence-corrected chi connectivity index (χ1v) is 8.08. The lowest BCUT2D eigenvalue weighted by molar-refractivity contribution is 0.384. The van der Waals surface area contributed by atoms with Crippen LogP contribution in [0.2, 0.25) is 0 Å². The Hall–Kier alpha value is -1.21. The van der Waals surface area contributed by atoms with E-state index in [2.05, 4.69) is 15.1 Å². The molecule has 0 unspecified atom stereocenters. The van der Waals surface area contributed by atoms with Gasteiger partial charge in [0.2, 0.25) is 10.0 Å². The average molecular weight is 284 g/mol. The van der Waals surface area contributed by atoms with E-state index in [-0.39, 0.29) is 5.75 Å². The van der Waals surface area contributed by atoms with Gasteiger partial charge >= 0.3 is 0 Å². The molecular formula is C12H20N4O2S. The first-order chi connectivity index (χ1) is 8.95. The maximum absolute atomic E-state index is 11.8. The zero-order valence-corrected chi connectivity index (χ0v) is 12.4. The molecule has 1 aliphatic rings. The Morgan fingerprint density at radius 2 is 1.84 bits per heavy atom. The number of nitrogens with zero attached hydrogens (tertiary/aromatic N) is 4. The molecule has 1 aromatic heterocycles. The van der Waals surface area contributed by atoms with E-state index in [1.54, 1.807) is 17.4 Å². The maximum Gasteiger partial charge on any atom is 0.213 e. The highest BCUT2D eigenvalue weighted by molar-refractivity contribution is 7.89. The van der Waals surface area contributed by atoms with Gasteiger partial charge in [0.25, 0.3) is 0 Å². The highest BCUT2D eigenvalue weighted by Crippen LogP contribution is 2.20. The van der Waals surface area contributed by atoms with Crippen molar-refractivity contribution >= 4 is 15.8 Å². The Kier molecular flexibility index (Phi) is 4.05. The van der Waals surface area contributed by atoms with E-state index in [0.717, 1.165) is 16.9 Å². The number of aryl methyl sites for hydroxylation is 1. The van der Waals surface area contributed by atoms with E-state index >= 15 is 0 Å². The summed E-state index contributed by atoms with van der Waals surface area (Å²) < 4.78 is 25.2. The molecule has 0 saturated carbocycles. The highest BCUT2D eigenvalue weighted by Gasteiger charge is 2.26. The molecule has 1 aliphatic heterocycles. The number of hydrogen-bond acceptors (Lipinski definition) is 5. The molecule has 2 rings (SSSR count). The van der Waals surface area contributed by atoms with E-state index in [4.69, 9.17) is 0 Å². The predicted molar refractivity (Wildman–Crippen MR) is 74.8 cm³/mol. The molecule has 1 aromatic rings. The molecule has 7 heteroatoms. The van der Waals surface area contributed by atoms with Gasteiger partial charge in [-0.3, -0.25) is 0 Å². The lowest BCUT2D eigenvalue weighted by atomic mass is 10.2. The smallest absolute Gasteiger partial charge is 0.213 e. The first kappa shape index (κ1) is 14.2. The van der Waals surface area contributed by atoms with Gasteiger partial charge < -0.3 is 4.90 Å². The summed E-state index contributed by atoms with van der Waals surface area (Å²) in [5.74, 6) is 1.03. The maximum atomic E-state index is 11.8. The molecule has 1 fully saturated rings. The van der Waals surface area contributed by atoms with E-state index in [1.165, 1.54) is 0 Å². The highest BCUT2D eigenvalue weighted by atomic mass is 32.2. The minimum atomic E-state index is -3.07. The normalized spacial score (nSPS) is 17.7. The second kappa shape index (κ2) is 5.42. The van der Waals surface area contributed by atoms with Crippen molar-refractivity contribution in [2.24, 2.45) is 0 Å². The van der Waals surface area contributed by atoms with Crippen molar-refractivity contribution in [1.82, 2.24) is 14.5 Å². The van der Waals surface area contributed by atoms with E-state index in [1.807, 2.05) is 13.8 Å². The standard InChI is InChI=1S/C12H20N4O2S/c1-4-19(17,18)16-7-5-15(6-8-16)12-11(3)10(2)9-13-14-12/h9H,4-8H2,1-3H3. The van der Waals surface area contributed by atoms with Gasteiger partial charge in [-0.2, -0.15) is 9.40 Å². The van der Waals surface area contributed by atoms with Crippen LogP contribution in [0.5, 0.6) is 0 Å². The molecule has 19 heavy (non-hydrogen) atoms. The van der Waals surface area contributed by atoms with Crippen LogP contribution in [0.1, 0.15) is 18.1 Å². The van der Waals surface area contributed by atoms with Crippen LogP contribution >= 0.6 is 0 Å². The molecule has 0 bridgehead atoms. The molecule has 0 radical (unpaired) electrons. The Labute approximate surface area is 114 Å². The van der Waals surface area contributed by atoms with Gasteiger partial charge in [-0.25, -0.2) is 8.42 Å². The van der Waals surface area contributed by atoms with Crippen molar-refractivity contribution in [3.05, 3.63) is 17.3 Å². The van der Waals surface area contributed by atoms with Crippen LogP contribution in [0.15, 0.2) is 6.20 Å². The number of piperazine rings is 1. The second-order valence-electron chi connectivity index (χ2n) is 4.76. The van der Waals surface area contributed by atoms with Gasteiger partial charge in [-0.1, -0.05) is 0 Å². The molecule has 0 N–H and O–H groups in total. The van der Waals surface area contributed by atoms with Crippen LogP contribution in [-0.2, 0) is 10.0 Å². The lowest BCUT2D eigenvalue weighted by Crippen LogP contribution is -2.49. The van der Waals surface area contributed by atoms with Crippen LogP contribution in [0.3, 0.4) is 0 Å². The molecule has 6 nitrogen and oxygen atoms in total. The molecule has 0 spiro atoms. The summed E-state index contributed by atoms with van der Waals surface area (Å²) >= 11 is 0. The third-order valence-electron chi connectivity index (χ3n) is 3.63. The fraction of sp³-hybridized carbons (Fsp3) is 0.667. The van der Waals surface area contributed by atoms with Crippen LogP contribution in [-0.4, -0.2) is 54.9 Å². The molecule has 0 aromatic carbocycles. The molecule has 0 aliphatic carbocycles. The molecule has 0 atom stereocenters. The van der Waals surface area contributed by atoms with Crippen molar-refractivity contribution in [2.75, 3.05) is 36.8 Å². The third-order valence-corrected chi connectivity index (χ3v) is 5.51. The van der Waals surface area contributed by atoms with Crippen LogP contribution < -0.4 is 4.90 Å². The fourth-order valence-electron chi connectivity index (χ4n) is 2.18. The fourth-order valence-corrected chi connectivity index (χ4v) is 3.26. The van der Waals surface area contributed by atoms with Crippen molar-refractivity contribution in [1.29, 1.82) is 0 Å². The minimum absolute atomic E-state index is 0.163. The summed E-state index contributed by atoms with van der Waals surface area (Å²) in [5.41, 5.74) is 2.22. The van der Waals surface area contributed by atoms with Gasteiger partial charge in [0.1, 0.15) is 0 Å². The third kappa shape index (κ3) is 2.87. The van der Waals surface area contributed by atoms with Crippen LogP contribution in [0, 0.1) is 13.8 Å². The van der Waals surface area contributed by atoms with Crippen molar-refractivity contribution in [3.8, 4) is 0 Å². The van der Waals surface area contributed by atoms with Gasteiger partial charge in [-0.15, -0.1) is 5.10 Å². The summed E-state index contributed by atoms with van der Waals surface area (Å²) in [6.45, 7) is 8.07. The monoisotopic (exact) mass is 284 g/mol. The quantitative estimate of drug-likeness (QED) is 0.811. The zero-order valence-electron chi connectivity index (χ0n) is 11.6. The zero-order chi connectivity index (χ0) is 14.0. The molecule has 0 amide bonds. The van der Waals surface area contributed by atoms with Gasteiger partial charge in [-0.05, 0) is 31.9 Å². The van der Waals surface area contributed by atoms with Gasteiger partial charge in [0, 0.05) is 26.2 Å². The number of sulfonamides is 1. The first-order valence-electron chi connectivity index (χ1n) is 6.47. The predicted octanol–water partition coefficient (Wildman–Crippen LogP) is 0.565. The summed E-state index contributed by atoms with van der Waals surface area (Å²) in [7, 11) is -3.07. The van der Waals surface area contributed by atoms with E-state index in [9.17, 15) is 8.42 Å². The summed E-state index contributed by atoms with van der Waals surface area (Å²) in [5, 5.41) is 8.16. The summed E-state index contributed by atoms with van der Waals surface area (Å²) in [4.78, 5) is 2.11. The molecule has 106 valence electrons. The number of rotatable bonds is 3. The molecular weight excluding hydrogens is 264 g/mol. The van der Waals surface area contributed by atoms with Crippen LogP contribution in [0.25, 0.3) is 0 Å². The van der Waals surface area contributed by atoms with Gasteiger partial charge in [0.05, 0.1) is 11.9 Å². The van der Waals surface area contributed by atoms with Crippen LogP contribution in [0.4, 0.5) is 5.82 Å². The molecule has 1 saturated heterocycles. The summed E-state index contributed by atoms with van der Waals surface area (Å²) in [6, 6.07) is 0. The van der Waals surface area contributed by atoms with Crippen molar-refractivity contribution in [2.45, 2.75) is 20.8 Å². The molecule has 2 heterocycles. The summed E-state index contributed by atoms with van der Waals surface area (Å²) in [6.07, 6.45) is 1.75.